The highest BCUT2D eigenvalue weighted by atomic mass is 32.2. The Hall–Kier alpha value is -1.07. The van der Waals surface area contributed by atoms with Gasteiger partial charge in [-0.15, -0.1) is 0 Å². The van der Waals surface area contributed by atoms with Crippen LogP contribution in [-0.4, -0.2) is 34.0 Å². The van der Waals surface area contributed by atoms with Crippen LogP contribution in [0.1, 0.15) is 19.4 Å². The molecule has 0 spiro atoms. The zero-order valence-electron chi connectivity index (χ0n) is 11.3. The van der Waals surface area contributed by atoms with E-state index in [4.69, 9.17) is 17.0 Å². The lowest BCUT2D eigenvalue weighted by Crippen LogP contribution is -2.27. The van der Waals surface area contributed by atoms with Gasteiger partial charge in [-0.25, -0.2) is 0 Å². The van der Waals surface area contributed by atoms with Crippen molar-refractivity contribution in [3.63, 3.8) is 0 Å². The third-order valence-electron chi connectivity index (χ3n) is 2.58. The number of carbonyl (C=O) groups is 1. The molecule has 0 aromatic heterocycles. The lowest BCUT2D eigenvalue weighted by molar-refractivity contribution is -0.141. The van der Waals surface area contributed by atoms with Crippen molar-refractivity contribution in [2.45, 2.75) is 20.5 Å². The van der Waals surface area contributed by atoms with Crippen LogP contribution in [0.5, 0.6) is 0 Å². The minimum absolute atomic E-state index is 0.233. The number of thiocarbonyl (C=S) groups is 1. The Morgan fingerprint density at radius 3 is 2.47 bits per heavy atom. The van der Waals surface area contributed by atoms with Gasteiger partial charge in [0, 0.05) is 13.1 Å². The summed E-state index contributed by atoms with van der Waals surface area (Å²) >= 11 is 6.61. The molecule has 0 aliphatic carbocycles. The van der Waals surface area contributed by atoms with Crippen molar-refractivity contribution in [3.8, 4) is 0 Å². The van der Waals surface area contributed by atoms with Crippen molar-refractivity contribution < 1.29 is 9.53 Å². The highest BCUT2D eigenvalue weighted by Crippen LogP contribution is 2.10. The summed E-state index contributed by atoms with van der Waals surface area (Å²) in [6.45, 7) is 6.13. The maximum atomic E-state index is 11.6. The number of ether oxygens (including phenoxy) is 1. The molecule has 0 heterocycles. The molecule has 0 amide bonds. The third kappa shape index (κ3) is 6.07. The van der Waals surface area contributed by atoms with Gasteiger partial charge < -0.3 is 9.64 Å². The maximum absolute atomic E-state index is 11.6. The van der Waals surface area contributed by atoms with Crippen molar-refractivity contribution in [1.82, 2.24) is 4.90 Å². The molecule has 5 heteroatoms. The minimum Gasteiger partial charge on any atom is -0.460 e. The number of hydrogen-bond acceptors (Lipinski definition) is 4. The van der Waals surface area contributed by atoms with Gasteiger partial charge in [0.15, 0.2) is 0 Å². The van der Waals surface area contributed by atoms with E-state index in [9.17, 15) is 4.79 Å². The molecule has 3 nitrogen and oxygen atoms in total. The summed E-state index contributed by atoms with van der Waals surface area (Å²) in [7, 11) is 0. The highest BCUT2D eigenvalue weighted by Gasteiger charge is 2.10. The monoisotopic (exact) mass is 297 g/mol. The van der Waals surface area contributed by atoms with Crippen LogP contribution in [0, 0.1) is 0 Å². The first-order valence-electron chi connectivity index (χ1n) is 6.28. The summed E-state index contributed by atoms with van der Waals surface area (Å²) in [6.07, 6.45) is 0. The Morgan fingerprint density at radius 1 is 1.26 bits per heavy atom. The standard InChI is InChI=1S/C14H19NO2S2/c1-3-15(4-2)14(18)19-11-13(16)17-10-12-8-6-5-7-9-12/h5-9H,3-4,10-11H2,1-2H3. The average Bonchev–Trinajstić information content (AvgIpc) is 2.45. The molecular formula is C14H19NO2S2. The van der Waals surface area contributed by atoms with Crippen LogP contribution in [0.2, 0.25) is 0 Å². The summed E-state index contributed by atoms with van der Waals surface area (Å²) in [5.41, 5.74) is 0.993. The van der Waals surface area contributed by atoms with Gasteiger partial charge in [0.2, 0.25) is 0 Å². The van der Waals surface area contributed by atoms with Gasteiger partial charge in [-0.3, -0.25) is 4.79 Å². The van der Waals surface area contributed by atoms with Crippen LogP contribution in [0.25, 0.3) is 0 Å². The van der Waals surface area contributed by atoms with E-state index >= 15 is 0 Å². The fraction of sp³-hybridized carbons (Fsp3) is 0.429. The summed E-state index contributed by atoms with van der Waals surface area (Å²) in [5.74, 6) is 0.0330. The van der Waals surface area contributed by atoms with Gasteiger partial charge in [-0.05, 0) is 19.4 Å². The van der Waals surface area contributed by atoms with E-state index < -0.39 is 0 Å². The van der Waals surface area contributed by atoms with E-state index in [2.05, 4.69) is 0 Å². The van der Waals surface area contributed by atoms with E-state index in [-0.39, 0.29) is 11.7 Å². The minimum atomic E-state index is -0.233. The zero-order chi connectivity index (χ0) is 14.1. The van der Waals surface area contributed by atoms with Gasteiger partial charge in [0.25, 0.3) is 0 Å². The van der Waals surface area contributed by atoms with Crippen molar-refractivity contribution in [3.05, 3.63) is 35.9 Å². The molecule has 1 rings (SSSR count). The lowest BCUT2D eigenvalue weighted by Gasteiger charge is -2.20. The molecule has 0 atom stereocenters. The molecule has 0 radical (unpaired) electrons. The SMILES string of the molecule is CCN(CC)C(=S)SCC(=O)OCc1ccccc1. The summed E-state index contributed by atoms with van der Waals surface area (Å²) in [4.78, 5) is 13.6. The van der Waals surface area contributed by atoms with Crippen molar-refractivity contribution in [2.75, 3.05) is 18.8 Å². The number of hydrogen-bond donors (Lipinski definition) is 0. The molecule has 0 aliphatic rings. The van der Waals surface area contributed by atoms with Gasteiger partial charge in [-0.1, -0.05) is 54.3 Å². The normalized spacial score (nSPS) is 10.0. The predicted molar refractivity (Wildman–Crippen MR) is 84.2 cm³/mol. The van der Waals surface area contributed by atoms with E-state index in [0.717, 1.165) is 23.0 Å². The van der Waals surface area contributed by atoms with Gasteiger partial charge in [0.1, 0.15) is 10.9 Å². The summed E-state index contributed by atoms with van der Waals surface area (Å²) in [5, 5.41) is 0. The van der Waals surface area contributed by atoms with Crippen LogP contribution in [0.4, 0.5) is 0 Å². The number of carbonyl (C=O) groups excluding carboxylic acids is 1. The highest BCUT2D eigenvalue weighted by molar-refractivity contribution is 8.23. The molecule has 0 saturated carbocycles. The van der Waals surface area contributed by atoms with Crippen molar-refractivity contribution >= 4 is 34.3 Å². The van der Waals surface area contributed by atoms with Crippen molar-refractivity contribution in [2.24, 2.45) is 0 Å². The first kappa shape index (κ1) is 16.0. The molecule has 0 fully saturated rings. The maximum Gasteiger partial charge on any atom is 0.316 e. The molecule has 0 aliphatic heterocycles. The number of benzene rings is 1. The second kappa shape index (κ2) is 8.93. The Balaban J connectivity index is 2.26. The Labute approximate surface area is 124 Å². The molecule has 19 heavy (non-hydrogen) atoms. The molecule has 1 aromatic carbocycles. The first-order valence-corrected chi connectivity index (χ1v) is 7.68. The molecule has 0 saturated heterocycles. The Bertz CT molecular complexity index is 405. The van der Waals surface area contributed by atoms with Gasteiger partial charge in [0.05, 0.1) is 5.75 Å². The molecule has 0 N–H and O–H groups in total. The lowest BCUT2D eigenvalue weighted by atomic mass is 10.2. The number of nitrogens with zero attached hydrogens (tertiary/aromatic N) is 1. The predicted octanol–water partition coefficient (Wildman–Crippen LogP) is 3.09. The first-order chi connectivity index (χ1) is 9.17. The Kier molecular flexibility index (Phi) is 7.52. The van der Waals surface area contributed by atoms with Gasteiger partial charge in [-0.2, -0.15) is 0 Å². The summed E-state index contributed by atoms with van der Waals surface area (Å²) in [6, 6.07) is 9.65. The fourth-order valence-electron chi connectivity index (χ4n) is 1.47. The molecule has 104 valence electrons. The Morgan fingerprint density at radius 2 is 1.89 bits per heavy atom. The van der Waals surface area contributed by atoms with Crippen LogP contribution < -0.4 is 0 Å². The smallest absolute Gasteiger partial charge is 0.316 e. The molecule has 0 bridgehead atoms. The van der Waals surface area contributed by atoms with E-state index in [1.54, 1.807) is 0 Å². The van der Waals surface area contributed by atoms with E-state index in [0.29, 0.717) is 6.61 Å². The molecular weight excluding hydrogens is 278 g/mol. The third-order valence-corrected chi connectivity index (χ3v) is 4.07. The fourth-order valence-corrected chi connectivity index (χ4v) is 2.67. The van der Waals surface area contributed by atoms with Crippen molar-refractivity contribution in [1.29, 1.82) is 0 Å². The average molecular weight is 297 g/mol. The van der Waals surface area contributed by atoms with Crippen LogP contribution in [0.3, 0.4) is 0 Å². The van der Waals surface area contributed by atoms with E-state index in [1.807, 2.05) is 49.1 Å². The number of thioether (sulfide) groups is 1. The topological polar surface area (TPSA) is 29.5 Å². The second-order valence-corrected chi connectivity index (χ2v) is 5.48. The second-order valence-electron chi connectivity index (χ2n) is 3.87. The largest absolute Gasteiger partial charge is 0.460 e. The molecule has 0 unspecified atom stereocenters. The number of rotatable bonds is 6. The van der Waals surface area contributed by atoms with E-state index in [1.165, 1.54) is 11.8 Å². The summed E-state index contributed by atoms with van der Waals surface area (Å²) < 4.78 is 5.94. The molecule has 1 aromatic rings. The number of esters is 1. The van der Waals surface area contributed by atoms with Crippen LogP contribution >= 0.6 is 24.0 Å². The van der Waals surface area contributed by atoms with Gasteiger partial charge >= 0.3 is 5.97 Å². The zero-order valence-corrected chi connectivity index (χ0v) is 12.9. The van der Waals surface area contributed by atoms with Crippen LogP contribution in [-0.2, 0) is 16.1 Å². The van der Waals surface area contributed by atoms with Crippen LogP contribution in [0.15, 0.2) is 30.3 Å². The quantitative estimate of drug-likeness (QED) is 0.594.